The molecule has 18 heteroatoms. The Bertz CT molecular complexity index is 2310. The van der Waals surface area contributed by atoms with Crippen molar-refractivity contribution < 1.29 is 41.8 Å². The molecule has 0 unspecified atom stereocenters. The summed E-state index contributed by atoms with van der Waals surface area (Å²) in [5, 5.41) is 8.50. The number of aliphatic imine (C=N–C) groups is 1. The Morgan fingerprint density at radius 3 is 2.55 bits per heavy atom. The van der Waals surface area contributed by atoms with Gasteiger partial charge in [0.05, 0.1) is 36.6 Å². The molecule has 0 radical (unpaired) electrons. The van der Waals surface area contributed by atoms with Crippen LogP contribution in [0.3, 0.4) is 0 Å². The number of thiazole rings is 1. The summed E-state index contributed by atoms with van der Waals surface area (Å²) in [6.07, 6.45) is 1.63. The van der Waals surface area contributed by atoms with Crippen molar-refractivity contribution in [2.75, 3.05) is 58.5 Å². The summed E-state index contributed by atoms with van der Waals surface area (Å²) in [5.41, 5.74) is 0.655. The highest BCUT2D eigenvalue weighted by atomic mass is 35.5. The summed E-state index contributed by atoms with van der Waals surface area (Å²) in [6.45, 7) is 5.35. The van der Waals surface area contributed by atoms with Crippen molar-refractivity contribution in [3.63, 3.8) is 0 Å². The Balaban J connectivity index is 1.08. The number of aromatic nitrogens is 1. The molecule has 0 saturated carbocycles. The fraction of sp³-hybridized carbons (Fsp3) is 0.325. The average Bonchev–Trinajstić information content (AvgIpc) is 3.83. The minimum absolute atomic E-state index is 0.0502. The number of methoxy groups -OCH3 is 2. The van der Waals surface area contributed by atoms with Crippen molar-refractivity contribution in [3.05, 3.63) is 116 Å². The minimum Gasteiger partial charge on any atom is -0.466 e. The minimum atomic E-state index is -0.936. The Morgan fingerprint density at radius 2 is 1.84 bits per heavy atom. The summed E-state index contributed by atoms with van der Waals surface area (Å²) < 4.78 is 60.4. The predicted molar refractivity (Wildman–Crippen MR) is 211 cm³/mol. The lowest BCUT2D eigenvalue weighted by atomic mass is 9.95. The number of anilines is 1. The molecule has 2 fully saturated rings. The van der Waals surface area contributed by atoms with E-state index < -0.39 is 40.9 Å². The largest absolute Gasteiger partial charge is 0.466 e. The molecule has 3 amide bonds. The van der Waals surface area contributed by atoms with Gasteiger partial charge in [-0.05, 0) is 50.2 Å². The number of halogens is 4. The molecule has 58 heavy (non-hydrogen) atoms. The number of piperazine rings is 1. The lowest BCUT2D eigenvalue weighted by Gasteiger charge is -2.38. The SMILES string of the molecule is COCC(C)(C)NC(=O)c1ccc(Oc2cc(F)cc(N3C[C@@H]4CN(CC5=C(C(=O)OC)[C@H](c6ccc(F)cc6Cl)N=C(c6nccs6)N5)CCN4C3=O)c2)c(F)c1. The van der Waals surface area contributed by atoms with E-state index in [0.29, 0.717) is 41.7 Å². The van der Waals surface area contributed by atoms with Crippen molar-refractivity contribution in [3.8, 4) is 11.5 Å². The first-order valence-electron chi connectivity index (χ1n) is 18.1. The zero-order valence-electron chi connectivity index (χ0n) is 31.9. The number of nitrogens with zero attached hydrogens (tertiary/aromatic N) is 5. The third-order valence-corrected chi connectivity index (χ3v) is 10.9. The number of nitrogens with one attached hydrogen (secondary N) is 2. The number of hydrogen-bond acceptors (Lipinski definition) is 11. The van der Waals surface area contributed by atoms with Gasteiger partial charge in [-0.3, -0.25) is 19.6 Å². The number of amidine groups is 1. The van der Waals surface area contributed by atoms with E-state index in [0.717, 1.165) is 18.2 Å². The molecular weight excluding hydrogens is 799 g/mol. The van der Waals surface area contributed by atoms with Crippen molar-refractivity contribution in [2.24, 2.45) is 4.99 Å². The molecule has 0 bridgehead atoms. The van der Waals surface area contributed by atoms with Gasteiger partial charge in [-0.25, -0.2) is 27.7 Å². The molecule has 3 aromatic carbocycles. The number of carbonyl (C=O) groups is 3. The third-order valence-electron chi connectivity index (χ3n) is 9.79. The molecule has 1 aromatic heterocycles. The maximum absolute atomic E-state index is 15.2. The molecule has 2 saturated heterocycles. The van der Waals surface area contributed by atoms with E-state index in [1.807, 2.05) is 0 Å². The van der Waals surface area contributed by atoms with Crippen LogP contribution in [0.4, 0.5) is 23.7 Å². The second-order valence-corrected chi connectivity index (χ2v) is 15.8. The van der Waals surface area contributed by atoms with Gasteiger partial charge in [-0.15, -0.1) is 11.3 Å². The van der Waals surface area contributed by atoms with Crippen molar-refractivity contribution in [1.29, 1.82) is 0 Å². The third kappa shape index (κ3) is 8.67. The van der Waals surface area contributed by atoms with E-state index >= 15 is 8.78 Å². The summed E-state index contributed by atoms with van der Waals surface area (Å²) in [4.78, 5) is 54.3. The van der Waals surface area contributed by atoms with E-state index in [9.17, 15) is 18.8 Å². The van der Waals surface area contributed by atoms with Crippen molar-refractivity contribution in [1.82, 2.24) is 25.4 Å². The quantitative estimate of drug-likeness (QED) is 0.158. The number of esters is 1. The number of benzene rings is 3. The Hall–Kier alpha value is -5.49. The summed E-state index contributed by atoms with van der Waals surface area (Å²) in [6, 6.07) is 9.71. The maximum atomic E-state index is 15.2. The fourth-order valence-electron chi connectivity index (χ4n) is 7.21. The molecule has 13 nitrogen and oxygen atoms in total. The van der Waals surface area contributed by atoms with Gasteiger partial charge in [-0.2, -0.15) is 0 Å². The van der Waals surface area contributed by atoms with E-state index in [4.69, 9.17) is 30.8 Å². The zero-order valence-corrected chi connectivity index (χ0v) is 33.4. The van der Waals surface area contributed by atoms with Crippen LogP contribution in [0.15, 0.2) is 82.4 Å². The number of urea groups is 1. The summed E-state index contributed by atoms with van der Waals surface area (Å²) in [5.74, 6) is -3.14. The Kier molecular flexibility index (Phi) is 11.8. The van der Waals surface area contributed by atoms with E-state index in [-0.39, 0.29) is 65.1 Å². The number of amides is 3. The van der Waals surface area contributed by atoms with Gasteiger partial charge < -0.3 is 29.7 Å². The van der Waals surface area contributed by atoms with Gasteiger partial charge in [0.25, 0.3) is 5.91 Å². The van der Waals surface area contributed by atoms with Crippen molar-refractivity contribution in [2.45, 2.75) is 31.5 Å². The van der Waals surface area contributed by atoms with Crippen LogP contribution in [0.5, 0.6) is 11.5 Å². The zero-order chi connectivity index (χ0) is 41.3. The molecular formula is C40H39ClF3N7O6S. The number of rotatable bonds is 12. The molecule has 4 heterocycles. The first-order valence-corrected chi connectivity index (χ1v) is 19.4. The number of ether oxygens (including phenoxy) is 3. The van der Waals surface area contributed by atoms with Gasteiger partial charge in [0.15, 0.2) is 22.4 Å². The molecule has 0 spiro atoms. The molecule has 7 rings (SSSR count). The average molecular weight is 838 g/mol. The lowest BCUT2D eigenvalue weighted by Crippen LogP contribution is -2.53. The first kappa shape index (κ1) is 40.7. The number of carbonyl (C=O) groups excluding carboxylic acids is 3. The van der Waals surface area contributed by atoms with Crippen LogP contribution < -0.4 is 20.3 Å². The van der Waals surface area contributed by atoms with Gasteiger partial charge in [0, 0.05) is 85.4 Å². The number of hydrogen-bond donors (Lipinski definition) is 2. The van der Waals surface area contributed by atoms with Crippen LogP contribution >= 0.6 is 22.9 Å². The van der Waals surface area contributed by atoms with E-state index in [1.54, 1.807) is 30.3 Å². The second kappa shape index (κ2) is 16.8. The highest BCUT2D eigenvalue weighted by molar-refractivity contribution is 7.11. The van der Waals surface area contributed by atoms with Gasteiger partial charge in [0.1, 0.15) is 23.4 Å². The predicted octanol–water partition coefficient (Wildman–Crippen LogP) is 6.31. The van der Waals surface area contributed by atoms with Crippen LogP contribution in [-0.4, -0.2) is 104 Å². The summed E-state index contributed by atoms with van der Waals surface area (Å²) in [7, 11) is 2.77. The highest BCUT2D eigenvalue weighted by Crippen LogP contribution is 2.38. The fourth-order valence-corrected chi connectivity index (χ4v) is 8.07. The molecule has 2 N–H and O–H groups in total. The van der Waals surface area contributed by atoms with Crippen LogP contribution in [0, 0.1) is 17.5 Å². The lowest BCUT2D eigenvalue weighted by molar-refractivity contribution is -0.136. The van der Waals surface area contributed by atoms with Crippen LogP contribution in [-0.2, 0) is 14.3 Å². The Morgan fingerprint density at radius 1 is 1.03 bits per heavy atom. The van der Waals surface area contributed by atoms with E-state index in [1.165, 1.54) is 66.9 Å². The van der Waals surface area contributed by atoms with Gasteiger partial charge in [0.2, 0.25) is 0 Å². The smallest absolute Gasteiger partial charge is 0.338 e. The molecule has 304 valence electrons. The molecule has 3 aliphatic heterocycles. The second-order valence-electron chi connectivity index (χ2n) is 14.5. The molecule has 0 aliphatic carbocycles. The van der Waals surface area contributed by atoms with Crippen LogP contribution in [0.2, 0.25) is 5.02 Å². The van der Waals surface area contributed by atoms with Crippen LogP contribution in [0.1, 0.15) is 40.8 Å². The molecule has 4 aromatic rings. The van der Waals surface area contributed by atoms with Gasteiger partial charge in [-0.1, -0.05) is 17.7 Å². The molecule has 3 aliphatic rings. The normalized spacial score (nSPS) is 18.5. The van der Waals surface area contributed by atoms with E-state index in [2.05, 4.69) is 20.5 Å². The monoisotopic (exact) mass is 837 g/mol. The van der Waals surface area contributed by atoms with Crippen molar-refractivity contribution >= 4 is 52.4 Å². The standard InChI is InChI=1S/C40H39ClF3N7O6S/c1-40(2,21-55-3)48-36(52)22-5-8-32(30(44)13-22)57-27-15-24(43)14-25(17-27)51-19-26-18-49(10-11-50(26)39(51)54)20-31-33(38(53)56-4)34(28-7-6-23(42)16-29(28)41)47-35(46-31)37-45-9-12-58-37/h5-9,12-17,26,34H,10-11,18-21H2,1-4H3,(H,46,47)(H,48,52)/t26-,34-/m0/s1. The van der Waals surface area contributed by atoms with Crippen LogP contribution in [0.25, 0.3) is 0 Å². The maximum Gasteiger partial charge on any atom is 0.338 e. The highest BCUT2D eigenvalue weighted by Gasteiger charge is 2.42. The number of fused-ring (bicyclic) bond motifs is 1. The Labute approximate surface area is 341 Å². The topological polar surface area (TPSA) is 138 Å². The van der Waals surface area contributed by atoms with Gasteiger partial charge >= 0.3 is 12.0 Å². The molecule has 2 atom stereocenters. The first-order chi connectivity index (χ1) is 27.7. The summed E-state index contributed by atoms with van der Waals surface area (Å²) >= 11 is 7.84.